The van der Waals surface area contributed by atoms with E-state index in [1.54, 1.807) is 11.7 Å². The van der Waals surface area contributed by atoms with Crippen LogP contribution in [0.25, 0.3) is 10.9 Å². The molecular weight excluding hydrogens is 306 g/mol. The van der Waals surface area contributed by atoms with Crippen LogP contribution in [0.15, 0.2) is 24.4 Å². The molecule has 2 aromatic heterocycles. The molecule has 2 amide bonds. The lowest BCUT2D eigenvalue weighted by atomic mass is 10.1. The zero-order chi connectivity index (χ0) is 17.1. The average molecular weight is 327 g/mol. The third kappa shape index (κ3) is 3.37. The molecule has 2 heterocycles. The number of fused-ring (bicyclic) bond motifs is 1. The van der Waals surface area contributed by atoms with Crippen molar-refractivity contribution in [2.45, 2.75) is 26.3 Å². The van der Waals surface area contributed by atoms with E-state index in [1.807, 2.05) is 13.1 Å². The Labute approximate surface area is 139 Å². The topological polar surface area (TPSA) is 101 Å². The maximum absolute atomic E-state index is 12.0. The van der Waals surface area contributed by atoms with Crippen molar-refractivity contribution in [1.82, 2.24) is 35.8 Å². The predicted octanol–water partition coefficient (Wildman–Crippen LogP) is 1.60. The van der Waals surface area contributed by atoms with Gasteiger partial charge in [0, 0.05) is 30.7 Å². The molecule has 0 saturated heterocycles. The molecule has 8 nitrogen and oxygen atoms in total. The average Bonchev–Trinajstić information content (AvgIpc) is 3.13. The first-order chi connectivity index (χ1) is 11.5. The Bertz CT molecular complexity index is 851. The standard InChI is InChI=1S/C16H21N7O/c1-10-4-5-13-12(9-18-14(13)8-10)6-7-17-16(24)19-11(2)15-20-21-22-23(15)3/h4-5,8-9,11,18H,6-7H2,1-3H3,(H2,17,19,24)/t11-/m0/s1. The van der Waals surface area contributed by atoms with E-state index >= 15 is 0 Å². The number of carbonyl (C=O) groups is 1. The highest BCUT2D eigenvalue weighted by Gasteiger charge is 2.14. The number of tetrazole rings is 1. The number of nitrogens with one attached hydrogen (secondary N) is 3. The Kier molecular flexibility index (Phi) is 4.45. The van der Waals surface area contributed by atoms with Crippen LogP contribution >= 0.6 is 0 Å². The Balaban J connectivity index is 1.52. The molecule has 1 atom stereocenters. The summed E-state index contributed by atoms with van der Waals surface area (Å²) in [4.78, 5) is 15.3. The number of aromatic amines is 1. The molecule has 0 aliphatic rings. The fraction of sp³-hybridized carbons (Fsp3) is 0.375. The Hall–Kier alpha value is -2.90. The quantitative estimate of drug-likeness (QED) is 0.662. The highest BCUT2D eigenvalue weighted by Crippen LogP contribution is 2.19. The van der Waals surface area contributed by atoms with Gasteiger partial charge in [-0.25, -0.2) is 9.48 Å². The smallest absolute Gasteiger partial charge is 0.315 e. The van der Waals surface area contributed by atoms with Gasteiger partial charge in [0.25, 0.3) is 0 Å². The molecule has 0 unspecified atom stereocenters. The summed E-state index contributed by atoms with van der Waals surface area (Å²) in [6.07, 6.45) is 2.76. The zero-order valence-corrected chi connectivity index (χ0v) is 14.0. The van der Waals surface area contributed by atoms with Gasteiger partial charge >= 0.3 is 6.03 Å². The Morgan fingerprint density at radius 3 is 3.00 bits per heavy atom. The van der Waals surface area contributed by atoms with Crippen molar-refractivity contribution in [3.8, 4) is 0 Å². The lowest BCUT2D eigenvalue weighted by molar-refractivity contribution is 0.237. The van der Waals surface area contributed by atoms with Gasteiger partial charge in [-0.15, -0.1) is 5.10 Å². The molecule has 3 rings (SSSR count). The van der Waals surface area contributed by atoms with E-state index in [4.69, 9.17) is 0 Å². The zero-order valence-electron chi connectivity index (χ0n) is 14.0. The van der Waals surface area contributed by atoms with Gasteiger partial charge in [0.05, 0.1) is 6.04 Å². The second-order valence-corrected chi connectivity index (χ2v) is 5.90. The third-order valence-electron chi connectivity index (χ3n) is 3.99. The third-order valence-corrected chi connectivity index (χ3v) is 3.99. The molecule has 8 heteroatoms. The number of carbonyl (C=O) groups excluding carboxylic acids is 1. The van der Waals surface area contributed by atoms with E-state index in [0.717, 1.165) is 11.9 Å². The van der Waals surface area contributed by atoms with Crippen molar-refractivity contribution in [2.75, 3.05) is 6.54 Å². The van der Waals surface area contributed by atoms with Gasteiger partial charge < -0.3 is 15.6 Å². The van der Waals surface area contributed by atoms with Crippen LogP contribution in [0.4, 0.5) is 4.79 Å². The maximum Gasteiger partial charge on any atom is 0.315 e. The van der Waals surface area contributed by atoms with Crippen LogP contribution in [0.3, 0.4) is 0 Å². The van der Waals surface area contributed by atoms with E-state index < -0.39 is 0 Å². The SMILES string of the molecule is Cc1ccc2c(CCNC(=O)N[C@@H](C)c3nnnn3C)c[nH]c2c1. The number of rotatable bonds is 5. The fourth-order valence-electron chi connectivity index (χ4n) is 2.73. The van der Waals surface area contributed by atoms with Crippen LogP contribution in [0.5, 0.6) is 0 Å². The number of amides is 2. The van der Waals surface area contributed by atoms with Gasteiger partial charge in [-0.3, -0.25) is 0 Å². The number of H-pyrrole nitrogens is 1. The van der Waals surface area contributed by atoms with Crippen LogP contribution in [-0.2, 0) is 13.5 Å². The summed E-state index contributed by atoms with van der Waals surface area (Å²) in [7, 11) is 1.74. The molecule has 0 bridgehead atoms. The highest BCUT2D eigenvalue weighted by molar-refractivity contribution is 5.83. The van der Waals surface area contributed by atoms with Crippen molar-refractivity contribution in [1.29, 1.82) is 0 Å². The van der Waals surface area contributed by atoms with Crippen molar-refractivity contribution in [2.24, 2.45) is 7.05 Å². The number of nitrogens with zero attached hydrogens (tertiary/aromatic N) is 4. The molecule has 0 fully saturated rings. The second kappa shape index (κ2) is 6.69. The van der Waals surface area contributed by atoms with E-state index in [-0.39, 0.29) is 12.1 Å². The van der Waals surface area contributed by atoms with Crippen LogP contribution in [0, 0.1) is 6.92 Å². The minimum absolute atomic E-state index is 0.235. The molecular formula is C16H21N7O. The summed E-state index contributed by atoms with van der Waals surface area (Å²) in [5, 5.41) is 18.1. The first-order valence-electron chi connectivity index (χ1n) is 7.88. The molecule has 0 aliphatic heterocycles. The van der Waals surface area contributed by atoms with Gasteiger partial charge in [-0.05, 0) is 47.9 Å². The van der Waals surface area contributed by atoms with Crippen LogP contribution < -0.4 is 10.6 Å². The van der Waals surface area contributed by atoms with Gasteiger partial charge in [-0.2, -0.15) is 0 Å². The lowest BCUT2D eigenvalue weighted by Gasteiger charge is -2.13. The summed E-state index contributed by atoms with van der Waals surface area (Å²) in [6.45, 7) is 4.46. The van der Waals surface area contributed by atoms with Crippen molar-refractivity contribution >= 4 is 16.9 Å². The van der Waals surface area contributed by atoms with Gasteiger partial charge in [-0.1, -0.05) is 12.1 Å². The number of aromatic nitrogens is 5. The molecule has 24 heavy (non-hydrogen) atoms. The second-order valence-electron chi connectivity index (χ2n) is 5.90. The fourth-order valence-corrected chi connectivity index (χ4v) is 2.73. The molecule has 3 N–H and O–H groups in total. The highest BCUT2D eigenvalue weighted by atomic mass is 16.2. The van der Waals surface area contributed by atoms with E-state index in [2.05, 4.69) is 56.3 Å². The first-order valence-corrected chi connectivity index (χ1v) is 7.88. The molecule has 1 aromatic carbocycles. The lowest BCUT2D eigenvalue weighted by Crippen LogP contribution is -2.38. The van der Waals surface area contributed by atoms with Crippen LogP contribution in [0.2, 0.25) is 0 Å². The Morgan fingerprint density at radius 2 is 2.25 bits per heavy atom. The van der Waals surface area contributed by atoms with Gasteiger partial charge in [0.15, 0.2) is 5.82 Å². The molecule has 3 aromatic rings. The van der Waals surface area contributed by atoms with E-state index in [1.165, 1.54) is 16.5 Å². The van der Waals surface area contributed by atoms with E-state index in [0.29, 0.717) is 12.4 Å². The molecule has 0 spiro atoms. The van der Waals surface area contributed by atoms with Crippen molar-refractivity contribution in [3.63, 3.8) is 0 Å². The molecule has 0 saturated carbocycles. The van der Waals surface area contributed by atoms with Crippen LogP contribution in [-0.4, -0.2) is 37.8 Å². The van der Waals surface area contributed by atoms with Crippen LogP contribution in [0.1, 0.15) is 29.9 Å². The van der Waals surface area contributed by atoms with Crippen molar-refractivity contribution < 1.29 is 4.79 Å². The van der Waals surface area contributed by atoms with Gasteiger partial charge in [0.1, 0.15) is 0 Å². The number of hydrogen-bond donors (Lipinski definition) is 3. The maximum atomic E-state index is 12.0. The molecule has 126 valence electrons. The van der Waals surface area contributed by atoms with Crippen molar-refractivity contribution in [3.05, 3.63) is 41.3 Å². The monoisotopic (exact) mass is 327 g/mol. The normalized spacial score (nSPS) is 12.3. The Morgan fingerprint density at radius 1 is 1.42 bits per heavy atom. The summed E-state index contributed by atoms with van der Waals surface area (Å²) < 4.78 is 1.54. The summed E-state index contributed by atoms with van der Waals surface area (Å²) in [5.74, 6) is 0.608. The number of benzene rings is 1. The van der Waals surface area contributed by atoms with E-state index in [9.17, 15) is 4.79 Å². The summed E-state index contributed by atoms with van der Waals surface area (Å²) in [6, 6.07) is 5.83. The predicted molar refractivity (Wildman–Crippen MR) is 90.5 cm³/mol. The summed E-state index contributed by atoms with van der Waals surface area (Å²) >= 11 is 0. The largest absolute Gasteiger partial charge is 0.361 e. The summed E-state index contributed by atoms with van der Waals surface area (Å²) in [5.41, 5.74) is 3.54. The molecule has 0 radical (unpaired) electrons. The first kappa shape index (κ1) is 16.0. The number of aryl methyl sites for hydroxylation is 2. The minimum atomic E-state index is -0.263. The number of hydrogen-bond acceptors (Lipinski definition) is 4. The molecule has 0 aliphatic carbocycles. The minimum Gasteiger partial charge on any atom is -0.361 e. The number of urea groups is 1. The van der Waals surface area contributed by atoms with Gasteiger partial charge in [0.2, 0.25) is 0 Å².